The molecule has 5 N–H and O–H groups in total. The highest BCUT2D eigenvalue weighted by molar-refractivity contribution is 5.73. The van der Waals surface area contributed by atoms with Gasteiger partial charge < -0.3 is 54.2 Å². The van der Waals surface area contributed by atoms with E-state index in [0.29, 0.717) is 0 Å². The monoisotopic (exact) mass is 527 g/mol. The second kappa shape index (κ2) is 14.3. The molecule has 0 aliphatic carbocycles. The summed E-state index contributed by atoms with van der Waals surface area (Å²) in [4.78, 5) is 12.0. The number of nitrogens with one attached hydrogen (secondary N) is 1. The van der Waals surface area contributed by atoms with Crippen molar-refractivity contribution < 1.29 is 53.6 Å². The van der Waals surface area contributed by atoms with Gasteiger partial charge in [-0.25, -0.2) is 0 Å². The Morgan fingerprint density at radius 2 is 1.76 bits per heavy atom. The first-order valence-electron chi connectivity index (χ1n) is 12.1. The van der Waals surface area contributed by atoms with Crippen LogP contribution in [0.2, 0.25) is 0 Å². The van der Waals surface area contributed by atoms with Crippen molar-refractivity contribution in [1.82, 2.24) is 5.32 Å². The molecule has 2 aliphatic heterocycles. The van der Waals surface area contributed by atoms with Crippen LogP contribution in [0.3, 0.4) is 0 Å². The molecule has 12 nitrogen and oxygen atoms in total. The summed E-state index contributed by atoms with van der Waals surface area (Å²) in [6.45, 7) is 4.76. The van der Waals surface area contributed by atoms with Crippen molar-refractivity contribution >= 4 is 5.91 Å². The number of rotatable bonds is 12. The smallest absolute Gasteiger partial charge is 0.217 e. The quantitative estimate of drug-likeness (QED) is 0.208. The van der Waals surface area contributed by atoms with Crippen LogP contribution < -0.4 is 5.32 Å². The minimum Gasteiger partial charge on any atom is -0.394 e. The molecule has 1 amide bonds. The van der Waals surface area contributed by atoms with Gasteiger partial charge in [-0.1, -0.05) is 36.4 Å². The van der Waals surface area contributed by atoms with Crippen molar-refractivity contribution in [2.75, 3.05) is 26.9 Å². The van der Waals surface area contributed by atoms with E-state index in [2.05, 4.69) is 11.9 Å². The van der Waals surface area contributed by atoms with Gasteiger partial charge in [0.15, 0.2) is 12.6 Å². The predicted molar refractivity (Wildman–Crippen MR) is 128 cm³/mol. The average molecular weight is 528 g/mol. The first-order valence-corrected chi connectivity index (χ1v) is 12.1. The molecule has 1 aromatic carbocycles. The standard InChI is InChI=1S/C25H37NO11/c1-4-10-34-23-18(26-14(2)28)24(32-3)36-17(13-33-12-15-8-6-5-7-9-15)22(23)37-25-21(31)20(30)19(29)16(11-27)35-25/h4-9,16-25,27,29-31H,1,10-13H2,2-3H3,(H,26,28)/t16-,17-,18-,19+,20+,21-,22-,23-,24-,25+/m1/s1. The maximum Gasteiger partial charge on any atom is 0.217 e. The molecular weight excluding hydrogens is 490 g/mol. The van der Waals surface area contributed by atoms with Crippen molar-refractivity contribution in [1.29, 1.82) is 0 Å². The van der Waals surface area contributed by atoms with Crippen LogP contribution in [0.1, 0.15) is 12.5 Å². The van der Waals surface area contributed by atoms with Crippen LogP contribution >= 0.6 is 0 Å². The summed E-state index contributed by atoms with van der Waals surface area (Å²) < 4.78 is 35.1. The number of carbonyl (C=O) groups is 1. The number of hydrogen-bond donors (Lipinski definition) is 5. The van der Waals surface area contributed by atoms with E-state index in [1.807, 2.05) is 30.3 Å². The fourth-order valence-corrected chi connectivity index (χ4v) is 4.37. The molecule has 208 valence electrons. The minimum atomic E-state index is -1.65. The summed E-state index contributed by atoms with van der Waals surface area (Å²) in [6, 6.07) is 8.65. The number of amides is 1. The lowest BCUT2D eigenvalue weighted by Gasteiger charge is -2.48. The van der Waals surface area contributed by atoms with E-state index in [1.54, 1.807) is 0 Å². The molecular formula is C25H37NO11. The summed E-state index contributed by atoms with van der Waals surface area (Å²) in [7, 11) is 1.42. The van der Waals surface area contributed by atoms with Gasteiger partial charge >= 0.3 is 0 Å². The Morgan fingerprint density at radius 1 is 1.05 bits per heavy atom. The number of aliphatic hydroxyl groups excluding tert-OH is 4. The highest BCUT2D eigenvalue weighted by Crippen LogP contribution is 2.31. The molecule has 0 unspecified atom stereocenters. The fourth-order valence-electron chi connectivity index (χ4n) is 4.37. The van der Waals surface area contributed by atoms with Crippen molar-refractivity contribution in [3.05, 3.63) is 48.6 Å². The molecule has 10 atom stereocenters. The zero-order valence-electron chi connectivity index (χ0n) is 20.9. The van der Waals surface area contributed by atoms with Crippen LogP contribution in [0, 0.1) is 0 Å². The summed E-state index contributed by atoms with van der Waals surface area (Å²) in [5.41, 5.74) is 0.934. The molecule has 0 aromatic heterocycles. The number of hydrogen-bond acceptors (Lipinski definition) is 11. The molecule has 2 heterocycles. The molecule has 0 radical (unpaired) electrons. The highest BCUT2D eigenvalue weighted by atomic mass is 16.7. The van der Waals surface area contributed by atoms with Crippen LogP contribution in [-0.4, -0.2) is 115 Å². The largest absolute Gasteiger partial charge is 0.394 e. The second-order valence-corrected chi connectivity index (χ2v) is 8.89. The fraction of sp³-hybridized carbons (Fsp3) is 0.640. The highest BCUT2D eigenvalue weighted by Gasteiger charge is 2.52. The first-order chi connectivity index (χ1) is 17.8. The van der Waals surface area contributed by atoms with Crippen LogP contribution in [0.15, 0.2) is 43.0 Å². The Kier molecular flexibility index (Phi) is 11.4. The third-order valence-corrected chi connectivity index (χ3v) is 6.19. The van der Waals surface area contributed by atoms with Crippen molar-refractivity contribution in [3.63, 3.8) is 0 Å². The Bertz CT molecular complexity index is 841. The number of carbonyl (C=O) groups excluding carboxylic acids is 1. The number of aliphatic hydroxyl groups is 4. The number of methoxy groups -OCH3 is 1. The van der Waals surface area contributed by atoms with Crippen LogP contribution in [0.5, 0.6) is 0 Å². The third-order valence-electron chi connectivity index (χ3n) is 6.19. The summed E-state index contributed by atoms with van der Waals surface area (Å²) in [5, 5.41) is 43.3. The van der Waals surface area contributed by atoms with Gasteiger partial charge in [0.2, 0.25) is 5.91 Å². The van der Waals surface area contributed by atoms with E-state index in [0.717, 1.165) is 5.56 Å². The zero-order chi connectivity index (χ0) is 26.9. The van der Waals surface area contributed by atoms with Gasteiger partial charge in [0.25, 0.3) is 0 Å². The van der Waals surface area contributed by atoms with E-state index in [1.165, 1.54) is 20.1 Å². The summed E-state index contributed by atoms with van der Waals surface area (Å²) >= 11 is 0. The zero-order valence-corrected chi connectivity index (χ0v) is 20.9. The molecule has 1 aromatic rings. The van der Waals surface area contributed by atoms with Gasteiger partial charge in [0.05, 0.1) is 26.4 Å². The number of ether oxygens (including phenoxy) is 6. The predicted octanol–water partition coefficient (Wildman–Crippen LogP) is -1.16. The van der Waals surface area contributed by atoms with Crippen molar-refractivity contribution in [2.24, 2.45) is 0 Å². The van der Waals surface area contributed by atoms with Gasteiger partial charge in [-0.2, -0.15) is 0 Å². The maximum atomic E-state index is 12.0. The molecule has 12 heteroatoms. The Labute approximate surface area is 215 Å². The van der Waals surface area contributed by atoms with Gasteiger partial charge in [0.1, 0.15) is 48.8 Å². The Morgan fingerprint density at radius 3 is 2.38 bits per heavy atom. The van der Waals surface area contributed by atoms with Gasteiger partial charge in [-0.05, 0) is 5.56 Å². The normalized spacial score (nSPS) is 36.2. The van der Waals surface area contributed by atoms with Gasteiger partial charge in [-0.3, -0.25) is 4.79 Å². The molecule has 37 heavy (non-hydrogen) atoms. The Hall–Kier alpha value is -1.97. The third kappa shape index (κ3) is 7.54. The average Bonchev–Trinajstić information content (AvgIpc) is 2.89. The van der Waals surface area contributed by atoms with Crippen LogP contribution in [0.25, 0.3) is 0 Å². The molecule has 0 saturated carbocycles. The molecule has 2 aliphatic rings. The van der Waals surface area contributed by atoms with E-state index < -0.39 is 68.0 Å². The van der Waals surface area contributed by atoms with E-state index in [9.17, 15) is 25.2 Å². The van der Waals surface area contributed by atoms with Crippen LogP contribution in [-0.2, 0) is 39.8 Å². The maximum absolute atomic E-state index is 12.0. The minimum absolute atomic E-state index is 0.0115. The molecule has 2 fully saturated rings. The molecule has 0 bridgehead atoms. The topological polar surface area (TPSA) is 165 Å². The van der Waals surface area contributed by atoms with Gasteiger partial charge in [-0.15, -0.1) is 6.58 Å². The second-order valence-electron chi connectivity index (χ2n) is 8.89. The van der Waals surface area contributed by atoms with Crippen molar-refractivity contribution in [2.45, 2.75) is 74.9 Å². The number of benzene rings is 1. The summed E-state index contributed by atoms with van der Waals surface area (Å²) in [6.07, 6.45) is -9.63. The van der Waals surface area contributed by atoms with Crippen LogP contribution in [0.4, 0.5) is 0 Å². The van der Waals surface area contributed by atoms with Crippen molar-refractivity contribution in [3.8, 4) is 0 Å². The van der Waals surface area contributed by atoms with E-state index >= 15 is 0 Å². The van der Waals surface area contributed by atoms with Gasteiger partial charge in [0, 0.05) is 14.0 Å². The SMILES string of the molecule is C=CCO[C@@H]1[C@@H](NC(C)=O)[C@H](OC)O[C@H](COCc2ccccc2)[C@H]1O[C@@H]1O[C@H](CO)[C@H](O)[C@H](O)[C@H]1O. The van der Waals surface area contributed by atoms with E-state index in [-0.39, 0.29) is 25.7 Å². The molecule has 0 spiro atoms. The lowest BCUT2D eigenvalue weighted by Crippen LogP contribution is -2.68. The van der Waals surface area contributed by atoms with E-state index in [4.69, 9.17) is 28.4 Å². The Balaban J connectivity index is 1.87. The molecule has 2 saturated heterocycles. The lowest BCUT2D eigenvalue weighted by molar-refractivity contribution is -0.350. The summed E-state index contributed by atoms with van der Waals surface area (Å²) in [5.74, 6) is -0.367. The molecule has 3 rings (SSSR count). The first kappa shape index (κ1) is 29.6. The lowest BCUT2D eigenvalue weighted by atomic mass is 9.95.